The summed E-state index contributed by atoms with van der Waals surface area (Å²) in [4.78, 5) is 0. The molecule has 0 amide bonds. The molecule has 0 N–H and O–H groups in total. The molecule has 0 fully saturated rings. The fourth-order valence-electron chi connectivity index (χ4n) is 9.54. The first-order chi connectivity index (χ1) is 26.0. The van der Waals surface area contributed by atoms with E-state index in [2.05, 4.69) is 159 Å². The zero-order valence-corrected chi connectivity index (χ0v) is 29.3. The maximum atomic E-state index is 6.67. The van der Waals surface area contributed by atoms with E-state index in [-0.39, 0.29) is 5.41 Å². The van der Waals surface area contributed by atoms with Crippen molar-refractivity contribution in [1.82, 2.24) is 0 Å². The zero-order valence-electron chi connectivity index (χ0n) is 29.3. The molecule has 0 saturated carbocycles. The van der Waals surface area contributed by atoms with Crippen molar-refractivity contribution in [2.75, 3.05) is 0 Å². The zero-order chi connectivity index (χ0) is 35.0. The SMILES string of the molecule is CC1(C)c2ccccc2-c2ccc(-c3c4ccccc4c(-c4ccc5oc6c7cc8oc9ccccc9c8cc7ccc6c5c4)c4ccccc34)cc21. The monoisotopic (exact) mass is 676 g/mol. The molecule has 1 aliphatic carbocycles. The van der Waals surface area contributed by atoms with Crippen LogP contribution < -0.4 is 0 Å². The van der Waals surface area contributed by atoms with Gasteiger partial charge < -0.3 is 8.83 Å². The third-order valence-electron chi connectivity index (χ3n) is 12.0. The van der Waals surface area contributed by atoms with Gasteiger partial charge in [0.25, 0.3) is 0 Å². The third kappa shape index (κ3) is 3.87. The number of rotatable bonds is 2. The highest BCUT2D eigenvalue weighted by atomic mass is 16.3. The predicted octanol–water partition coefficient (Wildman–Crippen LogP) is 14.6. The van der Waals surface area contributed by atoms with E-state index in [0.29, 0.717) is 0 Å². The lowest BCUT2D eigenvalue weighted by Crippen LogP contribution is -2.14. The normalized spacial score (nSPS) is 13.6. The molecule has 0 saturated heterocycles. The van der Waals surface area contributed by atoms with Crippen molar-refractivity contribution < 1.29 is 8.83 Å². The lowest BCUT2D eigenvalue weighted by atomic mass is 9.80. The molecule has 9 aromatic carbocycles. The molecule has 0 radical (unpaired) electrons. The second-order valence-electron chi connectivity index (χ2n) is 15.2. The highest BCUT2D eigenvalue weighted by Gasteiger charge is 2.35. The van der Waals surface area contributed by atoms with Crippen LogP contribution in [0.25, 0.3) is 110 Å². The number of hydrogen-bond acceptors (Lipinski definition) is 2. The Kier molecular flexibility index (Phi) is 5.60. The van der Waals surface area contributed by atoms with E-state index in [4.69, 9.17) is 8.83 Å². The van der Waals surface area contributed by atoms with Crippen LogP contribution in [0.3, 0.4) is 0 Å². The molecule has 0 aliphatic heterocycles. The average molecular weight is 677 g/mol. The average Bonchev–Trinajstić information content (AvgIpc) is 3.83. The van der Waals surface area contributed by atoms with Crippen molar-refractivity contribution in [1.29, 1.82) is 0 Å². The Morgan fingerprint density at radius 3 is 1.70 bits per heavy atom. The molecular weight excluding hydrogens is 645 g/mol. The summed E-state index contributed by atoms with van der Waals surface area (Å²) in [7, 11) is 0. The van der Waals surface area contributed by atoms with Crippen LogP contribution in [0.1, 0.15) is 25.0 Å². The van der Waals surface area contributed by atoms with Crippen LogP contribution in [0, 0.1) is 0 Å². The molecule has 0 bridgehead atoms. The molecule has 0 spiro atoms. The fourth-order valence-corrected chi connectivity index (χ4v) is 9.54. The summed E-state index contributed by atoms with van der Waals surface area (Å²) >= 11 is 0. The minimum atomic E-state index is -0.0698. The van der Waals surface area contributed by atoms with E-state index in [1.807, 2.05) is 12.1 Å². The van der Waals surface area contributed by atoms with Crippen LogP contribution in [0.4, 0.5) is 0 Å². The summed E-state index contributed by atoms with van der Waals surface area (Å²) in [5.74, 6) is 0. The Morgan fingerprint density at radius 2 is 0.943 bits per heavy atom. The molecule has 0 unspecified atom stereocenters. The van der Waals surface area contributed by atoms with Gasteiger partial charge in [0.05, 0.1) is 0 Å². The Labute approximate surface area is 305 Å². The second-order valence-corrected chi connectivity index (χ2v) is 15.2. The van der Waals surface area contributed by atoms with Crippen molar-refractivity contribution in [3.8, 4) is 33.4 Å². The highest BCUT2D eigenvalue weighted by molar-refractivity contribution is 6.23. The van der Waals surface area contributed by atoms with E-state index in [9.17, 15) is 0 Å². The predicted molar refractivity (Wildman–Crippen MR) is 222 cm³/mol. The van der Waals surface area contributed by atoms with Gasteiger partial charge in [0.1, 0.15) is 22.3 Å². The quantitative estimate of drug-likeness (QED) is 0.170. The number of fused-ring (bicyclic) bond motifs is 13. The van der Waals surface area contributed by atoms with E-state index in [1.54, 1.807) is 0 Å². The molecule has 2 heteroatoms. The van der Waals surface area contributed by atoms with Crippen LogP contribution in [0.15, 0.2) is 167 Å². The largest absolute Gasteiger partial charge is 0.456 e. The van der Waals surface area contributed by atoms with Gasteiger partial charge in [-0.3, -0.25) is 0 Å². The summed E-state index contributed by atoms with van der Waals surface area (Å²) < 4.78 is 13.0. The minimum Gasteiger partial charge on any atom is -0.456 e. The molecule has 53 heavy (non-hydrogen) atoms. The minimum absolute atomic E-state index is 0.0698. The summed E-state index contributed by atoms with van der Waals surface area (Å²) in [6, 6.07) is 57.6. The van der Waals surface area contributed by atoms with Gasteiger partial charge in [0, 0.05) is 32.3 Å². The van der Waals surface area contributed by atoms with E-state index in [0.717, 1.165) is 54.6 Å². The molecule has 12 rings (SSSR count). The van der Waals surface area contributed by atoms with Crippen LogP contribution >= 0.6 is 0 Å². The van der Waals surface area contributed by atoms with Crippen molar-refractivity contribution in [3.63, 3.8) is 0 Å². The van der Waals surface area contributed by atoms with Gasteiger partial charge in [-0.05, 0) is 114 Å². The topological polar surface area (TPSA) is 26.3 Å². The van der Waals surface area contributed by atoms with E-state index < -0.39 is 0 Å². The Bertz CT molecular complexity index is 3310. The third-order valence-corrected chi connectivity index (χ3v) is 12.0. The van der Waals surface area contributed by atoms with Gasteiger partial charge in [-0.15, -0.1) is 0 Å². The number of benzene rings is 9. The standard InChI is InChI=1S/C51H32O2/c1-51(2)43-17-9-7-11-32(43)33-22-20-31(27-44(33)51)49-37-15-5-3-13-35(37)48(36-14-4-6-16-38(36)49)30-21-24-46-42(26-30)39-23-19-29-25-41-34-12-8-10-18-45(34)52-47(41)28-40(29)50(39)53-46/h3-28H,1-2H3. The van der Waals surface area contributed by atoms with E-state index >= 15 is 0 Å². The second kappa shape index (κ2) is 10.2. The van der Waals surface area contributed by atoms with Crippen molar-refractivity contribution in [2.45, 2.75) is 19.3 Å². The number of furan rings is 2. The molecule has 2 nitrogen and oxygen atoms in total. The molecule has 11 aromatic rings. The van der Waals surface area contributed by atoms with Gasteiger partial charge in [-0.1, -0.05) is 129 Å². The van der Waals surface area contributed by atoms with Gasteiger partial charge in [-0.25, -0.2) is 0 Å². The summed E-state index contributed by atoms with van der Waals surface area (Å²) in [5, 5.41) is 11.7. The summed E-state index contributed by atoms with van der Waals surface area (Å²) in [6.07, 6.45) is 0. The number of hydrogen-bond donors (Lipinski definition) is 0. The highest BCUT2D eigenvalue weighted by Crippen LogP contribution is 2.51. The first-order valence-electron chi connectivity index (χ1n) is 18.4. The van der Waals surface area contributed by atoms with Gasteiger partial charge in [0.15, 0.2) is 0 Å². The first kappa shape index (κ1) is 29.0. The van der Waals surface area contributed by atoms with Crippen LogP contribution in [-0.2, 0) is 5.41 Å². The van der Waals surface area contributed by atoms with Crippen molar-refractivity contribution in [2.24, 2.45) is 0 Å². The maximum absolute atomic E-state index is 6.67. The smallest absolute Gasteiger partial charge is 0.143 e. The number of para-hydroxylation sites is 1. The van der Waals surface area contributed by atoms with Gasteiger partial charge in [-0.2, -0.15) is 0 Å². The lowest BCUT2D eigenvalue weighted by molar-refractivity contribution is 0.660. The van der Waals surface area contributed by atoms with Crippen LogP contribution in [0.2, 0.25) is 0 Å². The van der Waals surface area contributed by atoms with Crippen molar-refractivity contribution >= 4 is 76.2 Å². The Hall–Kier alpha value is -6.64. The van der Waals surface area contributed by atoms with E-state index in [1.165, 1.54) is 66.1 Å². The van der Waals surface area contributed by atoms with Gasteiger partial charge >= 0.3 is 0 Å². The molecule has 2 aromatic heterocycles. The maximum Gasteiger partial charge on any atom is 0.143 e. The fraction of sp³-hybridized carbons (Fsp3) is 0.0588. The molecular formula is C51H32O2. The van der Waals surface area contributed by atoms with Crippen LogP contribution in [-0.4, -0.2) is 0 Å². The Balaban J connectivity index is 1.08. The van der Waals surface area contributed by atoms with Crippen molar-refractivity contribution in [3.05, 3.63) is 169 Å². The molecule has 248 valence electrons. The Morgan fingerprint density at radius 1 is 0.358 bits per heavy atom. The molecule has 0 atom stereocenters. The lowest BCUT2D eigenvalue weighted by Gasteiger charge is -2.23. The molecule has 2 heterocycles. The molecule has 1 aliphatic rings. The summed E-state index contributed by atoms with van der Waals surface area (Å²) in [6.45, 7) is 4.72. The summed E-state index contributed by atoms with van der Waals surface area (Å²) in [5.41, 5.74) is 13.9. The van der Waals surface area contributed by atoms with Gasteiger partial charge in [0.2, 0.25) is 0 Å². The first-order valence-corrected chi connectivity index (χ1v) is 18.4. The van der Waals surface area contributed by atoms with Crippen LogP contribution in [0.5, 0.6) is 0 Å².